The molecule has 1 unspecified atom stereocenters. The van der Waals surface area contributed by atoms with Crippen molar-refractivity contribution in [3.63, 3.8) is 0 Å². The average Bonchev–Trinajstić information content (AvgIpc) is 3.23. The van der Waals surface area contributed by atoms with Crippen molar-refractivity contribution in [1.29, 1.82) is 0 Å². The van der Waals surface area contributed by atoms with Gasteiger partial charge in [0.25, 0.3) is 0 Å². The molecule has 0 saturated carbocycles. The molecule has 2 heterocycles. The predicted molar refractivity (Wildman–Crippen MR) is 157 cm³/mol. The maximum Gasteiger partial charge on any atom is 0.405 e. The van der Waals surface area contributed by atoms with Crippen LogP contribution in [0.4, 0.5) is 19.4 Å². The number of nitrogens with zero attached hydrogens (tertiary/aromatic N) is 3. The number of carbonyl (C=O) groups is 1. The number of benzene rings is 3. The smallest absolute Gasteiger partial charge is 0.405 e. The number of nitrogens with one attached hydrogen (secondary N) is 2. The lowest BCUT2D eigenvalue weighted by Crippen LogP contribution is -2.29. The van der Waals surface area contributed by atoms with Gasteiger partial charge >= 0.3 is 6.09 Å². The Labute approximate surface area is 244 Å². The van der Waals surface area contributed by atoms with E-state index in [4.69, 9.17) is 11.6 Å². The van der Waals surface area contributed by atoms with Gasteiger partial charge in [-0.3, -0.25) is 14.4 Å². The standard InChI is InChI=1S/C29H24ClF2N5O4S/c1-37-27-21(8-9-23(30)25(27)28(35-37)36-42(2,40)41)22-13-18(17-6-4-3-5-7-17)15-33-26(22)24(34-29(38)39)12-16-10-19(31)14-20(32)11-16/h3-11,13-15,24,34H,12H2,1-2H3,(H,35,36)(H,38,39). The number of amides is 1. The van der Waals surface area contributed by atoms with Gasteiger partial charge in [-0.1, -0.05) is 48.0 Å². The lowest BCUT2D eigenvalue weighted by atomic mass is 9.92. The number of pyridine rings is 1. The first-order valence-electron chi connectivity index (χ1n) is 12.5. The number of fused-ring (bicyclic) bond motifs is 1. The Morgan fingerprint density at radius 3 is 2.36 bits per heavy atom. The number of sulfonamides is 1. The van der Waals surface area contributed by atoms with Crippen LogP contribution >= 0.6 is 11.6 Å². The summed E-state index contributed by atoms with van der Waals surface area (Å²) in [5.41, 5.74) is 3.48. The van der Waals surface area contributed by atoms with Crippen molar-refractivity contribution >= 4 is 44.4 Å². The van der Waals surface area contributed by atoms with Crippen LogP contribution in [0.5, 0.6) is 0 Å². The topological polar surface area (TPSA) is 126 Å². The van der Waals surface area contributed by atoms with Gasteiger partial charge in [0.2, 0.25) is 10.0 Å². The van der Waals surface area contributed by atoms with Gasteiger partial charge in [-0.2, -0.15) is 5.10 Å². The molecule has 42 heavy (non-hydrogen) atoms. The summed E-state index contributed by atoms with van der Waals surface area (Å²) in [6.07, 6.45) is 1.10. The highest BCUT2D eigenvalue weighted by Crippen LogP contribution is 2.41. The number of halogens is 3. The number of hydrogen-bond acceptors (Lipinski definition) is 5. The number of hydrogen-bond donors (Lipinski definition) is 3. The summed E-state index contributed by atoms with van der Waals surface area (Å²) in [4.78, 5) is 16.6. The molecule has 0 spiro atoms. The quantitative estimate of drug-likeness (QED) is 0.193. The molecule has 0 fully saturated rings. The van der Waals surface area contributed by atoms with Crippen LogP contribution in [-0.2, 0) is 23.5 Å². The molecular formula is C29H24ClF2N5O4S. The van der Waals surface area contributed by atoms with Crippen molar-refractivity contribution in [3.05, 3.63) is 101 Å². The van der Waals surface area contributed by atoms with Gasteiger partial charge in [0, 0.05) is 36.0 Å². The SMILES string of the molecule is Cn1nc(NS(C)(=O)=O)c2c(Cl)ccc(-c3cc(-c4ccccc4)cnc3C(Cc3cc(F)cc(F)c3)NC(=O)O)c21. The van der Waals surface area contributed by atoms with Crippen molar-refractivity contribution in [2.24, 2.45) is 7.05 Å². The van der Waals surface area contributed by atoms with Crippen molar-refractivity contribution in [1.82, 2.24) is 20.1 Å². The fourth-order valence-electron chi connectivity index (χ4n) is 4.93. The normalized spacial score (nSPS) is 12.3. The summed E-state index contributed by atoms with van der Waals surface area (Å²) in [6, 6.07) is 16.4. The lowest BCUT2D eigenvalue weighted by Gasteiger charge is -2.21. The fraction of sp³-hybridized carbons (Fsp3) is 0.138. The minimum absolute atomic E-state index is 0.0195. The van der Waals surface area contributed by atoms with E-state index in [1.165, 1.54) is 4.68 Å². The second kappa shape index (κ2) is 11.4. The predicted octanol–water partition coefficient (Wildman–Crippen LogP) is 6.16. The Hall–Kier alpha value is -4.55. The Morgan fingerprint density at radius 2 is 1.71 bits per heavy atom. The molecule has 0 aliphatic carbocycles. The molecule has 0 radical (unpaired) electrons. The van der Waals surface area contributed by atoms with Crippen LogP contribution in [0.25, 0.3) is 33.2 Å². The van der Waals surface area contributed by atoms with Crippen molar-refractivity contribution in [2.75, 3.05) is 11.0 Å². The van der Waals surface area contributed by atoms with Gasteiger partial charge in [0.15, 0.2) is 5.82 Å². The van der Waals surface area contributed by atoms with Crippen molar-refractivity contribution in [3.8, 4) is 22.3 Å². The van der Waals surface area contributed by atoms with Crippen molar-refractivity contribution in [2.45, 2.75) is 12.5 Å². The molecule has 9 nitrogen and oxygen atoms in total. The van der Waals surface area contributed by atoms with E-state index in [1.807, 2.05) is 36.4 Å². The zero-order valence-corrected chi connectivity index (χ0v) is 23.8. The Kier molecular flexibility index (Phi) is 7.85. The van der Waals surface area contributed by atoms with Gasteiger partial charge in [-0.25, -0.2) is 22.0 Å². The van der Waals surface area contributed by atoms with Gasteiger partial charge < -0.3 is 10.4 Å². The summed E-state index contributed by atoms with van der Waals surface area (Å²) < 4.78 is 56.0. The number of rotatable bonds is 8. The molecule has 2 aromatic heterocycles. The number of aromatic nitrogens is 3. The van der Waals surface area contributed by atoms with Gasteiger partial charge in [-0.05, 0) is 41.8 Å². The van der Waals surface area contributed by atoms with Gasteiger partial charge in [0.1, 0.15) is 11.6 Å². The van der Waals surface area contributed by atoms with Crippen LogP contribution in [0.3, 0.4) is 0 Å². The lowest BCUT2D eigenvalue weighted by molar-refractivity contribution is 0.189. The summed E-state index contributed by atoms with van der Waals surface area (Å²) in [5, 5.41) is 17.0. The third-order valence-corrected chi connectivity index (χ3v) is 7.40. The van der Waals surface area contributed by atoms with E-state index >= 15 is 0 Å². The summed E-state index contributed by atoms with van der Waals surface area (Å²) in [7, 11) is -2.09. The molecule has 5 rings (SSSR count). The number of aryl methyl sites for hydroxylation is 1. The summed E-state index contributed by atoms with van der Waals surface area (Å²) >= 11 is 6.53. The van der Waals surface area contributed by atoms with Crippen LogP contribution in [0.15, 0.2) is 72.9 Å². The summed E-state index contributed by atoms with van der Waals surface area (Å²) in [6.45, 7) is 0. The molecule has 1 amide bonds. The molecular weight excluding hydrogens is 588 g/mol. The van der Waals surface area contributed by atoms with Crippen LogP contribution in [0.2, 0.25) is 5.02 Å². The Bertz CT molecular complexity index is 1910. The highest BCUT2D eigenvalue weighted by atomic mass is 35.5. The minimum atomic E-state index is -3.70. The van der Waals surface area contributed by atoms with Crippen LogP contribution in [0.1, 0.15) is 17.3 Å². The molecule has 216 valence electrons. The largest absolute Gasteiger partial charge is 0.465 e. The maximum absolute atomic E-state index is 14.0. The third kappa shape index (κ3) is 6.19. The molecule has 1 atom stereocenters. The summed E-state index contributed by atoms with van der Waals surface area (Å²) in [5.74, 6) is -1.58. The van der Waals surface area contributed by atoms with E-state index in [2.05, 4.69) is 20.1 Å². The van der Waals surface area contributed by atoms with Crippen LogP contribution in [-0.4, -0.2) is 40.6 Å². The molecule has 0 saturated heterocycles. The van der Waals surface area contributed by atoms with E-state index in [9.17, 15) is 27.1 Å². The molecule has 3 N–H and O–H groups in total. The van der Waals surface area contributed by atoms with Crippen molar-refractivity contribution < 1.29 is 27.1 Å². The first-order chi connectivity index (χ1) is 19.9. The maximum atomic E-state index is 14.0. The molecule has 5 aromatic rings. The van der Waals surface area contributed by atoms with E-state index < -0.39 is 33.8 Å². The first-order valence-corrected chi connectivity index (χ1v) is 14.8. The number of anilines is 1. The molecule has 0 bridgehead atoms. The monoisotopic (exact) mass is 611 g/mol. The van der Waals surface area contributed by atoms with E-state index in [0.29, 0.717) is 27.6 Å². The third-order valence-electron chi connectivity index (χ3n) is 6.53. The van der Waals surface area contributed by atoms with E-state index in [1.54, 1.807) is 25.4 Å². The Morgan fingerprint density at radius 1 is 1.02 bits per heavy atom. The van der Waals surface area contributed by atoms with Crippen LogP contribution < -0.4 is 10.0 Å². The highest BCUT2D eigenvalue weighted by Gasteiger charge is 2.26. The zero-order chi connectivity index (χ0) is 30.2. The second-order valence-corrected chi connectivity index (χ2v) is 11.8. The first kappa shape index (κ1) is 29.0. The molecule has 3 aromatic carbocycles. The second-order valence-electron chi connectivity index (χ2n) is 9.67. The van der Waals surface area contributed by atoms with E-state index in [0.717, 1.165) is 30.0 Å². The van der Waals surface area contributed by atoms with Crippen LogP contribution in [0, 0.1) is 11.6 Å². The molecule has 0 aliphatic rings. The van der Waals surface area contributed by atoms with Gasteiger partial charge in [0.05, 0.1) is 33.9 Å². The van der Waals surface area contributed by atoms with Gasteiger partial charge in [-0.15, -0.1) is 0 Å². The number of carboxylic acid groups (broad SMARTS) is 1. The zero-order valence-electron chi connectivity index (χ0n) is 22.3. The van der Waals surface area contributed by atoms with E-state index in [-0.39, 0.29) is 28.5 Å². The molecule has 13 heteroatoms. The highest BCUT2D eigenvalue weighted by molar-refractivity contribution is 7.92. The Balaban J connectivity index is 1.77. The minimum Gasteiger partial charge on any atom is -0.465 e. The molecule has 0 aliphatic heterocycles. The fourth-order valence-corrected chi connectivity index (χ4v) is 5.67. The average molecular weight is 612 g/mol.